The molecule has 1 amide bonds. The summed E-state index contributed by atoms with van der Waals surface area (Å²) in [5, 5.41) is 3.70. The number of benzene rings is 2. The maximum Gasteiger partial charge on any atom is 0.265 e. The van der Waals surface area contributed by atoms with E-state index >= 15 is 0 Å². The molecule has 2 aromatic carbocycles. The van der Waals surface area contributed by atoms with E-state index in [4.69, 9.17) is 27.9 Å². The summed E-state index contributed by atoms with van der Waals surface area (Å²) < 4.78 is 5.76. The third kappa shape index (κ3) is 4.39. The number of halogens is 2. The van der Waals surface area contributed by atoms with Crippen LogP contribution in [0.4, 0.5) is 5.69 Å². The molecule has 0 saturated carbocycles. The van der Waals surface area contributed by atoms with Gasteiger partial charge >= 0.3 is 0 Å². The summed E-state index contributed by atoms with van der Waals surface area (Å²) in [7, 11) is 0. The fourth-order valence-electron chi connectivity index (χ4n) is 1.98. The van der Waals surface area contributed by atoms with Gasteiger partial charge in [0.2, 0.25) is 0 Å². The molecular formula is C17H17Cl2NO2. The van der Waals surface area contributed by atoms with Crippen molar-refractivity contribution in [1.29, 1.82) is 0 Å². The number of hydrogen-bond donors (Lipinski definition) is 1. The minimum absolute atomic E-state index is 0.256. The summed E-state index contributed by atoms with van der Waals surface area (Å²) >= 11 is 12.0. The molecule has 2 aromatic rings. The Labute approximate surface area is 140 Å². The molecule has 0 heterocycles. The van der Waals surface area contributed by atoms with Crippen LogP contribution in [0.1, 0.15) is 18.9 Å². The van der Waals surface area contributed by atoms with E-state index in [1.165, 1.54) is 0 Å². The predicted octanol–water partition coefficient (Wildman–Crippen LogP) is 5.10. The van der Waals surface area contributed by atoms with Gasteiger partial charge < -0.3 is 10.1 Å². The molecular weight excluding hydrogens is 321 g/mol. The van der Waals surface area contributed by atoms with E-state index in [-0.39, 0.29) is 5.91 Å². The standard InChI is InChI=1S/C17H17Cl2NO2/c1-3-16(22-13-6-4-5-11(2)9-13)17(21)20-15-10-12(18)7-8-14(15)19/h4-10,16H,3H2,1-2H3,(H,20,21). The third-order valence-electron chi connectivity index (χ3n) is 3.12. The van der Waals surface area contributed by atoms with Gasteiger partial charge in [-0.15, -0.1) is 0 Å². The second-order valence-electron chi connectivity index (χ2n) is 4.94. The van der Waals surface area contributed by atoms with Gasteiger partial charge in [-0.1, -0.05) is 42.3 Å². The Morgan fingerprint density at radius 2 is 2.00 bits per heavy atom. The normalized spacial score (nSPS) is 11.8. The largest absolute Gasteiger partial charge is 0.481 e. The molecule has 0 bridgehead atoms. The summed E-state index contributed by atoms with van der Waals surface area (Å²) in [5.74, 6) is 0.410. The minimum Gasteiger partial charge on any atom is -0.481 e. The van der Waals surface area contributed by atoms with Crippen molar-refractivity contribution in [3.05, 3.63) is 58.1 Å². The zero-order valence-electron chi connectivity index (χ0n) is 12.4. The molecule has 0 saturated heterocycles. The number of carbonyl (C=O) groups is 1. The molecule has 3 nitrogen and oxygen atoms in total. The van der Waals surface area contributed by atoms with Crippen LogP contribution in [-0.4, -0.2) is 12.0 Å². The van der Waals surface area contributed by atoms with Crippen LogP contribution in [0.15, 0.2) is 42.5 Å². The molecule has 0 aliphatic rings. The lowest BCUT2D eigenvalue weighted by Gasteiger charge is -2.18. The number of ether oxygens (including phenoxy) is 1. The maximum absolute atomic E-state index is 12.4. The Morgan fingerprint density at radius 3 is 2.68 bits per heavy atom. The number of rotatable bonds is 5. The molecule has 0 fully saturated rings. The van der Waals surface area contributed by atoms with Crippen LogP contribution in [-0.2, 0) is 4.79 Å². The molecule has 116 valence electrons. The second kappa shape index (κ2) is 7.52. The number of hydrogen-bond acceptors (Lipinski definition) is 2. The van der Waals surface area contributed by atoms with E-state index in [1.54, 1.807) is 18.2 Å². The van der Waals surface area contributed by atoms with Gasteiger partial charge in [0, 0.05) is 5.02 Å². The van der Waals surface area contributed by atoms with Crippen molar-refractivity contribution in [1.82, 2.24) is 0 Å². The molecule has 1 N–H and O–H groups in total. The molecule has 22 heavy (non-hydrogen) atoms. The lowest BCUT2D eigenvalue weighted by molar-refractivity contribution is -0.122. The molecule has 1 atom stereocenters. The van der Waals surface area contributed by atoms with Crippen molar-refractivity contribution in [3.8, 4) is 5.75 Å². The van der Waals surface area contributed by atoms with Crippen molar-refractivity contribution in [2.24, 2.45) is 0 Å². The smallest absolute Gasteiger partial charge is 0.265 e. The van der Waals surface area contributed by atoms with Gasteiger partial charge in [-0.2, -0.15) is 0 Å². The van der Waals surface area contributed by atoms with Crippen LogP contribution in [0, 0.1) is 6.92 Å². The molecule has 0 spiro atoms. The van der Waals surface area contributed by atoms with Gasteiger partial charge in [-0.05, 0) is 49.2 Å². The first kappa shape index (κ1) is 16.7. The van der Waals surface area contributed by atoms with E-state index < -0.39 is 6.10 Å². The lowest BCUT2D eigenvalue weighted by Crippen LogP contribution is -2.32. The van der Waals surface area contributed by atoms with E-state index in [1.807, 2.05) is 38.1 Å². The predicted molar refractivity (Wildman–Crippen MR) is 91.0 cm³/mol. The Morgan fingerprint density at radius 1 is 1.23 bits per heavy atom. The number of anilines is 1. The molecule has 0 aliphatic heterocycles. The molecule has 5 heteroatoms. The molecule has 2 rings (SSSR count). The highest BCUT2D eigenvalue weighted by molar-refractivity contribution is 6.35. The highest BCUT2D eigenvalue weighted by Gasteiger charge is 2.19. The van der Waals surface area contributed by atoms with E-state index in [9.17, 15) is 4.79 Å². The second-order valence-corrected chi connectivity index (χ2v) is 5.79. The number of nitrogens with one attached hydrogen (secondary N) is 1. The number of aryl methyl sites for hydroxylation is 1. The topological polar surface area (TPSA) is 38.3 Å². The average Bonchev–Trinajstić information content (AvgIpc) is 2.48. The van der Waals surface area contributed by atoms with Crippen LogP contribution < -0.4 is 10.1 Å². The first-order valence-corrected chi connectivity index (χ1v) is 7.74. The van der Waals surface area contributed by atoms with Crippen LogP contribution in [0.2, 0.25) is 10.0 Å². The zero-order chi connectivity index (χ0) is 16.1. The van der Waals surface area contributed by atoms with Gasteiger partial charge in [-0.3, -0.25) is 4.79 Å². The van der Waals surface area contributed by atoms with Crippen molar-refractivity contribution in [2.75, 3.05) is 5.32 Å². The van der Waals surface area contributed by atoms with E-state index in [0.29, 0.717) is 27.9 Å². The van der Waals surface area contributed by atoms with Gasteiger partial charge in [-0.25, -0.2) is 0 Å². The van der Waals surface area contributed by atoms with Crippen LogP contribution in [0.3, 0.4) is 0 Å². The van der Waals surface area contributed by atoms with Crippen LogP contribution in [0.5, 0.6) is 5.75 Å². The number of carbonyl (C=O) groups excluding carboxylic acids is 1. The fourth-order valence-corrected chi connectivity index (χ4v) is 2.32. The Kier molecular flexibility index (Phi) is 5.69. The zero-order valence-corrected chi connectivity index (χ0v) is 13.9. The quantitative estimate of drug-likeness (QED) is 0.824. The monoisotopic (exact) mass is 337 g/mol. The van der Waals surface area contributed by atoms with Gasteiger partial charge in [0.25, 0.3) is 5.91 Å². The summed E-state index contributed by atoms with van der Waals surface area (Å²) in [6.45, 7) is 3.86. The van der Waals surface area contributed by atoms with Gasteiger partial charge in [0.15, 0.2) is 6.10 Å². The fraction of sp³-hybridized carbons (Fsp3) is 0.235. The van der Waals surface area contributed by atoms with Gasteiger partial charge in [0.05, 0.1) is 10.7 Å². The van der Waals surface area contributed by atoms with Crippen molar-refractivity contribution in [3.63, 3.8) is 0 Å². The summed E-state index contributed by atoms with van der Waals surface area (Å²) in [6.07, 6.45) is -0.0605. The summed E-state index contributed by atoms with van der Waals surface area (Å²) in [5.41, 5.74) is 1.55. The SMILES string of the molecule is CCC(Oc1cccc(C)c1)C(=O)Nc1cc(Cl)ccc1Cl. The highest BCUT2D eigenvalue weighted by Crippen LogP contribution is 2.26. The molecule has 0 radical (unpaired) electrons. The van der Waals surface area contributed by atoms with Crippen LogP contribution >= 0.6 is 23.2 Å². The van der Waals surface area contributed by atoms with Crippen molar-refractivity contribution >= 4 is 34.8 Å². The molecule has 1 unspecified atom stereocenters. The first-order valence-electron chi connectivity index (χ1n) is 6.99. The van der Waals surface area contributed by atoms with E-state index in [2.05, 4.69) is 5.32 Å². The Bertz CT molecular complexity index is 673. The number of amides is 1. The van der Waals surface area contributed by atoms with Gasteiger partial charge in [0.1, 0.15) is 5.75 Å². The van der Waals surface area contributed by atoms with Crippen molar-refractivity contribution in [2.45, 2.75) is 26.4 Å². The molecule has 0 aliphatic carbocycles. The Balaban J connectivity index is 2.10. The van der Waals surface area contributed by atoms with Crippen molar-refractivity contribution < 1.29 is 9.53 Å². The summed E-state index contributed by atoms with van der Waals surface area (Å²) in [4.78, 5) is 12.4. The first-order chi connectivity index (χ1) is 10.5. The maximum atomic E-state index is 12.4. The highest BCUT2D eigenvalue weighted by atomic mass is 35.5. The molecule has 0 aromatic heterocycles. The minimum atomic E-state index is -0.600. The summed E-state index contributed by atoms with van der Waals surface area (Å²) in [6, 6.07) is 12.5. The third-order valence-corrected chi connectivity index (χ3v) is 3.68. The van der Waals surface area contributed by atoms with Crippen LogP contribution in [0.25, 0.3) is 0 Å². The lowest BCUT2D eigenvalue weighted by atomic mass is 10.2. The average molecular weight is 338 g/mol. The van der Waals surface area contributed by atoms with E-state index in [0.717, 1.165) is 5.56 Å². The Hall–Kier alpha value is -1.71.